The summed E-state index contributed by atoms with van der Waals surface area (Å²) in [6.45, 7) is 2.01. The van der Waals surface area contributed by atoms with Crippen LogP contribution in [0, 0.1) is 23.7 Å². The molecule has 1 spiro atoms. The van der Waals surface area contributed by atoms with Gasteiger partial charge >= 0.3 is 0 Å². The zero-order valence-corrected chi connectivity index (χ0v) is 11.7. The molecule has 2 nitrogen and oxygen atoms in total. The summed E-state index contributed by atoms with van der Waals surface area (Å²) in [5, 5.41) is 13.0. The molecule has 2 heteroatoms. The lowest BCUT2D eigenvalue weighted by molar-refractivity contribution is 0.0571. The standard InChI is InChI=1S/C17H22N2/c1-13-6-5-7-15(14(13)12-18)19-16-8-11-17(16)9-3-2-4-10-17/h5-7,16,19H,2-4,8-11H2,1H3. The largest absolute Gasteiger partial charge is 0.381 e. The maximum atomic E-state index is 9.31. The summed E-state index contributed by atoms with van der Waals surface area (Å²) in [5.74, 6) is 0. The van der Waals surface area contributed by atoms with Gasteiger partial charge < -0.3 is 5.32 Å². The lowest BCUT2D eigenvalue weighted by Crippen LogP contribution is -2.50. The summed E-state index contributed by atoms with van der Waals surface area (Å²) < 4.78 is 0. The van der Waals surface area contributed by atoms with E-state index < -0.39 is 0 Å². The van der Waals surface area contributed by atoms with Crippen molar-refractivity contribution in [2.24, 2.45) is 5.41 Å². The first-order chi connectivity index (χ1) is 9.25. The average molecular weight is 254 g/mol. The van der Waals surface area contributed by atoms with E-state index in [1.807, 2.05) is 19.1 Å². The van der Waals surface area contributed by atoms with Crippen molar-refractivity contribution in [1.82, 2.24) is 0 Å². The minimum atomic E-state index is 0.536. The predicted molar refractivity (Wildman–Crippen MR) is 78.1 cm³/mol. The highest BCUT2D eigenvalue weighted by atomic mass is 15.0. The lowest BCUT2D eigenvalue weighted by Gasteiger charge is -2.52. The van der Waals surface area contributed by atoms with Crippen molar-refractivity contribution in [1.29, 1.82) is 5.26 Å². The highest BCUT2D eigenvalue weighted by molar-refractivity contribution is 5.61. The third-order valence-corrected chi connectivity index (χ3v) is 5.23. The predicted octanol–water partition coefficient (Wildman–Crippen LogP) is 4.39. The molecular weight excluding hydrogens is 232 g/mol. The summed E-state index contributed by atoms with van der Waals surface area (Å²) in [6.07, 6.45) is 9.56. The summed E-state index contributed by atoms with van der Waals surface area (Å²) in [4.78, 5) is 0. The van der Waals surface area contributed by atoms with Crippen LogP contribution < -0.4 is 5.32 Å². The summed E-state index contributed by atoms with van der Waals surface area (Å²) in [5.41, 5.74) is 3.47. The van der Waals surface area contributed by atoms with Crippen LogP contribution in [0.3, 0.4) is 0 Å². The fourth-order valence-corrected chi connectivity index (χ4v) is 3.90. The number of hydrogen-bond acceptors (Lipinski definition) is 2. The quantitative estimate of drug-likeness (QED) is 0.849. The smallest absolute Gasteiger partial charge is 0.102 e. The van der Waals surface area contributed by atoms with Gasteiger partial charge in [-0.3, -0.25) is 0 Å². The van der Waals surface area contributed by atoms with Gasteiger partial charge in [0.25, 0.3) is 0 Å². The first-order valence-electron chi connectivity index (χ1n) is 7.51. The van der Waals surface area contributed by atoms with E-state index in [2.05, 4.69) is 17.5 Å². The Morgan fingerprint density at radius 3 is 2.63 bits per heavy atom. The summed E-state index contributed by atoms with van der Waals surface area (Å²) in [7, 11) is 0. The molecule has 0 aliphatic heterocycles. The third kappa shape index (κ3) is 2.12. The second-order valence-corrected chi connectivity index (χ2v) is 6.27. The Morgan fingerprint density at radius 2 is 2.00 bits per heavy atom. The molecule has 0 saturated heterocycles. The highest BCUT2D eigenvalue weighted by Crippen LogP contribution is 2.52. The number of nitrogens with zero attached hydrogens (tertiary/aromatic N) is 1. The zero-order chi connectivity index (χ0) is 13.3. The first kappa shape index (κ1) is 12.5. The molecule has 1 N–H and O–H groups in total. The van der Waals surface area contributed by atoms with E-state index in [0.717, 1.165) is 16.8 Å². The van der Waals surface area contributed by atoms with Crippen molar-refractivity contribution in [3.63, 3.8) is 0 Å². The molecular formula is C17H22N2. The van der Waals surface area contributed by atoms with Crippen LogP contribution >= 0.6 is 0 Å². The van der Waals surface area contributed by atoms with Crippen LogP contribution in [-0.4, -0.2) is 6.04 Å². The topological polar surface area (TPSA) is 35.8 Å². The molecule has 2 aliphatic carbocycles. The van der Waals surface area contributed by atoms with E-state index in [1.165, 1.54) is 44.9 Å². The van der Waals surface area contributed by atoms with E-state index >= 15 is 0 Å². The molecule has 2 aliphatic rings. The zero-order valence-electron chi connectivity index (χ0n) is 11.7. The average Bonchev–Trinajstić information content (AvgIpc) is 2.44. The van der Waals surface area contributed by atoms with E-state index in [1.54, 1.807) is 0 Å². The molecule has 1 aromatic rings. The van der Waals surface area contributed by atoms with Crippen LogP contribution in [0.1, 0.15) is 56.1 Å². The van der Waals surface area contributed by atoms with E-state index in [4.69, 9.17) is 0 Å². The minimum Gasteiger partial charge on any atom is -0.381 e. The molecule has 0 heterocycles. The Bertz CT molecular complexity index is 506. The van der Waals surface area contributed by atoms with Crippen LogP contribution in [-0.2, 0) is 0 Å². The molecule has 1 atom stereocenters. The Labute approximate surface area is 115 Å². The maximum absolute atomic E-state index is 9.31. The van der Waals surface area contributed by atoms with E-state index in [-0.39, 0.29) is 0 Å². The van der Waals surface area contributed by atoms with Crippen molar-refractivity contribution in [2.45, 2.75) is 57.9 Å². The highest BCUT2D eigenvalue weighted by Gasteiger charge is 2.46. The molecule has 0 bridgehead atoms. The fraction of sp³-hybridized carbons (Fsp3) is 0.588. The van der Waals surface area contributed by atoms with Crippen LogP contribution in [0.15, 0.2) is 18.2 Å². The number of hydrogen-bond donors (Lipinski definition) is 1. The normalized spacial score (nSPS) is 24.5. The Balaban J connectivity index is 1.79. The molecule has 1 aromatic carbocycles. The molecule has 100 valence electrons. The SMILES string of the molecule is Cc1cccc(NC2CCC23CCCCC3)c1C#N. The Kier molecular flexibility index (Phi) is 3.22. The molecule has 19 heavy (non-hydrogen) atoms. The second kappa shape index (κ2) is 4.89. The van der Waals surface area contributed by atoms with Gasteiger partial charge in [0.05, 0.1) is 11.3 Å². The molecule has 3 rings (SSSR count). The number of rotatable bonds is 2. The molecule has 2 fully saturated rings. The third-order valence-electron chi connectivity index (χ3n) is 5.23. The van der Waals surface area contributed by atoms with Gasteiger partial charge in [0.2, 0.25) is 0 Å². The van der Waals surface area contributed by atoms with Crippen LogP contribution in [0.2, 0.25) is 0 Å². The van der Waals surface area contributed by atoms with Gasteiger partial charge in [-0.25, -0.2) is 0 Å². The van der Waals surface area contributed by atoms with Gasteiger partial charge in [0.1, 0.15) is 6.07 Å². The maximum Gasteiger partial charge on any atom is 0.102 e. The van der Waals surface area contributed by atoms with Crippen LogP contribution in [0.25, 0.3) is 0 Å². The minimum absolute atomic E-state index is 0.536. The lowest BCUT2D eigenvalue weighted by atomic mass is 9.57. The van der Waals surface area contributed by atoms with Gasteiger partial charge in [0.15, 0.2) is 0 Å². The first-order valence-corrected chi connectivity index (χ1v) is 7.51. The molecule has 2 saturated carbocycles. The number of nitriles is 1. The summed E-state index contributed by atoms with van der Waals surface area (Å²) >= 11 is 0. The molecule has 0 amide bonds. The van der Waals surface area contributed by atoms with Gasteiger partial charge in [-0.2, -0.15) is 5.26 Å². The van der Waals surface area contributed by atoms with Gasteiger partial charge in [0, 0.05) is 6.04 Å². The van der Waals surface area contributed by atoms with Crippen molar-refractivity contribution >= 4 is 5.69 Å². The number of aryl methyl sites for hydroxylation is 1. The Hall–Kier alpha value is -1.49. The Morgan fingerprint density at radius 1 is 1.21 bits per heavy atom. The van der Waals surface area contributed by atoms with Gasteiger partial charge in [-0.05, 0) is 49.7 Å². The number of nitrogens with one attached hydrogen (secondary N) is 1. The molecule has 1 unspecified atom stereocenters. The van der Waals surface area contributed by atoms with Crippen molar-refractivity contribution in [2.75, 3.05) is 5.32 Å². The van der Waals surface area contributed by atoms with Gasteiger partial charge in [-0.1, -0.05) is 31.4 Å². The number of anilines is 1. The second-order valence-electron chi connectivity index (χ2n) is 6.27. The van der Waals surface area contributed by atoms with Gasteiger partial charge in [-0.15, -0.1) is 0 Å². The van der Waals surface area contributed by atoms with Crippen LogP contribution in [0.5, 0.6) is 0 Å². The van der Waals surface area contributed by atoms with Crippen molar-refractivity contribution in [3.8, 4) is 6.07 Å². The van der Waals surface area contributed by atoms with Crippen LogP contribution in [0.4, 0.5) is 5.69 Å². The number of benzene rings is 1. The van der Waals surface area contributed by atoms with E-state index in [0.29, 0.717) is 11.5 Å². The van der Waals surface area contributed by atoms with Crippen molar-refractivity contribution in [3.05, 3.63) is 29.3 Å². The van der Waals surface area contributed by atoms with Crippen molar-refractivity contribution < 1.29 is 0 Å². The molecule has 0 aromatic heterocycles. The fourth-order valence-electron chi connectivity index (χ4n) is 3.90. The molecule has 0 radical (unpaired) electrons. The van der Waals surface area contributed by atoms with E-state index in [9.17, 15) is 5.26 Å². The summed E-state index contributed by atoms with van der Waals surface area (Å²) in [6, 6.07) is 9.05. The monoisotopic (exact) mass is 254 g/mol.